The highest BCUT2D eigenvalue weighted by atomic mass is 16.3. The highest BCUT2D eigenvalue weighted by Gasteiger charge is 2.28. The Kier molecular flexibility index (Phi) is 4.01. The van der Waals surface area contributed by atoms with Gasteiger partial charge in [0.25, 0.3) is 5.91 Å². The molecular weight excluding hydrogens is 230 g/mol. The molecule has 5 nitrogen and oxygen atoms in total. The molecule has 1 unspecified atom stereocenters. The molecule has 5 heteroatoms. The number of nitrogens with zero attached hydrogens (tertiary/aromatic N) is 3. The van der Waals surface area contributed by atoms with Crippen molar-refractivity contribution in [1.82, 2.24) is 14.7 Å². The fraction of sp³-hybridized carbons (Fsp3) is 0.692. The van der Waals surface area contributed by atoms with E-state index in [0.29, 0.717) is 5.92 Å². The Morgan fingerprint density at radius 3 is 3.06 bits per heavy atom. The summed E-state index contributed by atoms with van der Waals surface area (Å²) in [6, 6.07) is 0. The fourth-order valence-electron chi connectivity index (χ4n) is 2.58. The first-order valence-electron chi connectivity index (χ1n) is 6.58. The van der Waals surface area contributed by atoms with Gasteiger partial charge in [0.1, 0.15) is 0 Å². The van der Waals surface area contributed by atoms with E-state index in [9.17, 15) is 4.79 Å². The van der Waals surface area contributed by atoms with E-state index in [1.54, 1.807) is 10.9 Å². The van der Waals surface area contributed by atoms with Crippen molar-refractivity contribution in [3.8, 4) is 0 Å². The molecule has 18 heavy (non-hydrogen) atoms. The zero-order valence-corrected chi connectivity index (χ0v) is 11.1. The Balaban J connectivity index is 2.07. The highest BCUT2D eigenvalue weighted by Crippen LogP contribution is 2.22. The van der Waals surface area contributed by atoms with Crippen LogP contribution in [0.5, 0.6) is 0 Å². The van der Waals surface area contributed by atoms with E-state index in [0.717, 1.165) is 43.6 Å². The summed E-state index contributed by atoms with van der Waals surface area (Å²) < 4.78 is 1.70. The van der Waals surface area contributed by atoms with E-state index in [-0.39, 0.29) is 12.5 Å². The lowest BCUT2D eigenvalue weighted by Crippen LogP contribution is -2.29. The maximum Gasteiger partial charge on any atom is 0.257 e. The minimum atomic E-state index is 0.0837. The maximum atomic E-state index is 12.4. The Bertz CT molecular complexity index is 428. The summed E-state index contributed by atoms with van der Waals surface area (Å²) in [5, 5.41) is 13.2. The minimum Gasteiger partial charge on any atom is -0.396 e. The van der Waals surface area contributed by atoms with Gasteiger partial charge in [-0.3, -0.25) is 9.48 Å². The third kappa shape index (κ3) is 2.56. The number of aryl methyl sites for hydroxylation is 2. The molecule has 0 spiro atoms. The molecule has 100 valence electrons. The lowest BCUT2D eigenvalue weighted by Gasteiger charge is -2.16. The van der Waals surface area contributed by atoms with Crippen molar-refractivity contribution >= 4 is 5.91 Å². The van der Waals surface area contributed by atoms with Gasteiger partial charge in [0.15, 0.2) is 0 Å². The van der Waals surface area contributed by atoms with Crippen LogP contribution in [0.15, 0.2) is 6.20 Å². The SMILES string of the molecule is CCc1nn(C)cc1C(=O)N1CCC(CCO)C1. The van der Waals surface area contributed by atoms with Gasteiger partial charge in [0, 0.05) is 32.9 Å². The predicted molar refractivity (Wildman–Crippen MR) is 68.3 cm³/mol. The van der Waals surface area contributed by atoms with Crippen LogP contribution < -0.4 is 0 Å². The summed E-state index contributed by atoms with van der Waals surface area (Å²) in [6.45, 7) is 3.77. The molecular formula is C13H21N3O2. The van der Waals surface area contributed by atoms with Gasteiger partial charge in [-0.25, -0.2) is 0 Å². The van der Waals surface area contributed by atoms with Gasteiger partial charge in [-0.05, 0) is 25.2 Å². The van der Waals surface area contributed by atoms with Crippen LogP contribution in [0, 0.1) is 5.92 Å². The first-order chi connectivity index (χ1) is 8.65. The van der Waals surface area contributed by atoms with Crippen LogP contribution in [-0.4, -0.2) is 45.4 Å². The van der Waals surface area contributed by atoms with Crippen molar-refractivity contribution in [3.05, 3.63) is 17.5 Å². The van der Waals surface area contributed by atoms with Crippen molar-refractivity contribution in [3.63, 3.8) is 0 Å². The zero-order chi connectivity index (χ0) is 13.1. The van der Waals surface area contributed by atoms with Gasteiger partial charge in [-0.1, -0.05) is 6.92 Å². The van der Waals surface area contributed by atoms with E-state index >= 15 is 0 Å². The first-order valence-corrected chi connectivity index (χ1v) is 6.58. The van der Waals surface area contributed by atoms with E-state index in [4.69, 9.17) is 5.11 Å². The number of aromatic nitrogens is 2. The standard InChI is InChI=1S/C13H21N3O2/c1-3-12-11(9-15(2)14-12)13(18)16-6-4-10(8-16)5-7-17/h9-10,17H,3-8H2,1-2H3. The smallest absolute Gasteiger partial charge is 0.257 e. The average molecular weight is 251 g/mol. The molecule has 1 amide bonds. The van der Waals surface area contributed by atoms with Gasteiger partial charge in [-0.15, -0.1) is 0 Å². The summed E-state index contributed by atoms with van der Waals surface area (Å²) in [5.41, 5.74) is 1.60. The number of carbonyl (C=O) groups excluding carboxylic acids is 1. The lowest BCUT2D eigenvalue weighted by molar-refractivity contribution is 0.0783. The summed E-state index contributed by atoms with van der Waals surface area (Å²) in [4.78, 5) is 14.3. The molecule has 1 atom stereocenters. The van der Waals surface area contributed by atoms with Gasteiger partial charge in [0.05, 0.1) is 11.3 Å². The van der Waals surface area contributed by atoms with Crippen LogP contribution in [0.25, 0.3) is 0 Å². The topological polar surface area (TPSA) is 58.4 Å². The van der Waals surface area contributed by atoms with Gasteiger partial charge in [0.2, 0.25) is 0 Å². The number of aliphatic hydroxyl groups excluding tert-OH is 1. The summed E-state index contributed by atoms with van der Waals surface area (Å²) >= 11 is 0. The molecule has 2 heterocycles. The van der Waals surface area contributed by atoms with Crippen LogP contribution in [0.1, 0.15) is 35.8 Å². The van der Waals surface area contributed by atoms with Crippen LogP contribution in [0.3, 0.4) is 0 Å². The molecule has 1 aliphatic heterocycles. The summed E-state index contributed by atoms with van der Waals surface area (Å²) in [5.74, 6) is 0.529. The largest absolute Gasteiger partial charge is 0.396 e. The maximum absolute atomic E-state index is 12.4. The molecule has 0 bridgehead atoms. The summed E-state index contributed by atoms with van der Waals surface area (Å²) in [6.07, 6.45) is 4.36. The van der Waals surface area contributed by atoms with Crippen LogP contribution in [0.4, 0.5) is 0 Å². The second-order valence-electron chi connectivity index (χ2n) is 4.93. The molecule has 0 aromatic carbocycles. The Hall–Kier alpha value is -1.36. The Labute approximate surface area is 107 Å². The minimum absolute atomic E-state index is 0.0837. The Morgan fingerprint density at radius 1 is 1.61 bits per heavy atom. The van der Waals surface area contributed by atoms with Crippen molar-refractivity contribution < 1.29 is 9.90 Å². The number of hydrogen-bond donors (Lipinski definition) is 1. The Morgan fingerprint density at radius 2 is 2.39 bits per heavy atom. The van der Waals surface area contributed by atoms with Crippen molar-refractivity contribution in [2.24, 2.45) is 13.0 Å². The number of amides is 1. The molecule has 2 rings (SSSR count). The second-order valence-corrected chi connectivity index (χ2v) is 4.93. The van der Waals surface area contributed by atoms with E-state index in [1.165, 1.54) is 0 Å². The molecule has 1 N–H and O–H groups in total. The van der Waals surface area contributed by atoms with E-state index in [2.05, 4.69) is 5.10 Å². The summed E-state index contributed by atoms with van der Waals surface area (Å²) in [7, 11) is 1.84. The normalized spacial score (nSPS) is 19.5. The molecule has 0 saturated carbocycles. The predicted octanol–water partition coefficient (Wildman–Crippen LogP) is 0.827. The molecule has 1 aliphatic rings. The molecule has 0 radical (unpaired) electrons. The monoisotopic (exact) mass is 251 g/mol. The number of rotatable bonds is 4. The van der Waals surface area contributed by atoms with Crippen molar-refractivity contribution in [1.29, 1.82) is 0 Å². The number of hydrogen-bond acceptors (Lipinski definition) is 3. The number of likely N-dealkylation sites (tertiary alicyclic amines) is 1. The van der Waals surface area contributed by atoms with Crippen LogP contribution in [-0.2, 0) is 13.5 Å². The fourth-order valence-corrected chi connectivity index (χ4v) is 2.58. The molecule has 1 aromatic heterocycles. The molecule has 1 fully saturated rings. The quantitative estimate of drug-likeness (QED) is 0.862. The number of aliphatic hydroxyl groups is 1. The second kappa shape index (κ2) is 5.52. The van der Waals surface area contributed by atoms with Gasteiger partial charge in [-0.2, -0.15) is 5.10 Å². The van der Waals surface area contributed by atoms with Gasteiger partial charge >= 0.3 is 0 Å². The van der Waals surface area contributed by atoms with E-state index < -0.39 is 0 Å². The van der Waals surface area contributed by atoms with Crippen molar-refractivity contribution in [2.45, 2.75) is 26.2 Å². The van der Waals surface area contributed by atoms with Gasteiger partial charge < -0.3 is 10.0 Å². The lowest BCUT2D eigenvalue weighted by atomic mass is 10.1. The third-order valence-electron chi connectivity index (χ3n) is 3.58. The first kappa shape index (κ1) is 13.1. The molecule has 0 aliphatic carbocycles. The third-order valence-corrected chi connectivity index (χ3v) is 3.58. The average Bonchev–Trinajstić information content (AvgIpc) is 2.95. The van der Waals surface area contributed by atoms with Crippen molar-refractivity contribution in [2.75, 3.05) is 19.7 Å². The highest BCUT2D eigenvalue weighted by molar-refractivity contribution is 5.95. The molecule has 1 aromatic rings. The van der Waals surface area contributed by atoms with Crippen LogP contribution in [0.2, 0.25) is 0 Å². The molecule has 1 saturated heterocycles. The van der Waals surface area contributed by atoms with E-state index in [1.807, 2.05) is 18.9 Å². The zero-order valence-electron chi connectivity index (χ0n) is 11.1. The number of carbonyl (C=O) groups is 1. The van der Waals surface area contributed by atoms with Crippen LogP contribution >= 0.6 is 0 Å².